The fourth-order valence-electron chi connectivity index (χ4n) is 3.13. The third-order valence-electron chi connectivity index (χ3n) is 4.61. The van der Waals surface area contributed by atoms with E-state index in [2.05, 4.69) is 5.32 Å². The molecule has 28 heavy (non-hydrogen) atoms. The molecule has 1 fully saturated rings. The summed E-state index contributed by atoms with van der Waals surface area (Å²) >= 11 is 0. The number of non-ortho nitro benzene ring substituents is 1. The Balaban J connectivity index is 1.81. The molecule has 0 aliphatic carbocycles. The molecule has 2 aromatic rings. The molecule has 1 heterocycles. The molecule has 3 rings (SSSR count). The van der Waals surface area contributed by atoms with E-state index in [1.165, 1.54) is 52.8 Å². The van der Waals surface area contributed by atoms with Gasteiger partial charge in [0, 0.05) is 36.5 Å². The number of nitro groups is 1. The average molecular weight is 403 g/mol. The number of sulfonamides is 1. The molecule has 0 radical (unpaired) electrons. The van der Waals surface area contributed by atoms with Crippen LogP contribution in [0.5, 0.6) is 0 Å². The zero-order valence-corrected chi connectivity index (χ0v) is 16.0. The van der Waals surface area contributed by atoms with E-state index in [1.54, 1.807) is 0 Å². The smallest absolute Gasteiger partial charge is 0.271 e. The second kappa shape index (κ2) is 8.49. The largest absolute Gasteiger partial charge is 0.322 e. The zero-order valence-electron chi connectivity index (χ0n) is 15.2. The first-order valence-corrected chi connectivity index (χ1v) is 10.5. The minimum absolute atomic E-state index is 0.0705. The Bertz CT molecular complexity index is 983. The molecule has 1 aliphatic heterocycles. The molecular formula is C19H21N3O5S. The Morgan fingerprint density at radius 2 is 1.68 bits per heavy atom. The molecule has 2 aromatic carbocycles. The van der Waals surface area contributed by atoms with Gasteiger partial charge in [-0.2, -0.15) is 4.31 Å². The van der Waals surface area contributed by atoms with Crippen molar-refractivity contribution in [3.05, 3.63) is 64.2 Å². The molecule has 0 saturated carbocycles. The number of amides is 1. The Morgan fingerprint density at radius 3 is 2.36 bits per heavy atom. The first-order valence-electron chi connectivity index (χ1n) is 9.04. The summed E-state index contributed by atoms with van der Waals surface area (Å²) in [6, 6.07) is 11.4. The predicted molar refractivity (Wildman–Crippen MR) is 105 cm³/mol. The summed E-state index contributed by atoms with van der Waals surface area (Å²) in [5.74, 6) is -0.534. The van der Waals surface area contributed by atoms with Gasteiger partial charge in [-0.25, -0.2) is 8.42 Å². The van der Waals surface area contributed by atoms with Crippen LogP contribution in [0.3, 0.4) is 0 Å². The van der Waals surface area contributed by atoms with Crippen LogP contribution < -0.4 is 5.32 Å². The summed E-state index contributed by atoms with van der Waals surface area (Å²) in [5, 5.41) is 13.4. The van der Waals surface area contributed by atoms with Crippen molar-refractivity contribution >= 4 is 27.3 Å². The van der Waals surface area contributed by atoms with Crippen molar-refractivity contribution in [1.82, 2.24) is 4.31 Å². The molecule has 1 aliphatic rings. The lowest BCUT2D eigenvalue weighted by Crippen LogP contribution is -2.32. The number of benzene rings is 2. The van der Waals surface area contributed by atoms with E-state index in [0.29, 0.717) is 13.1 Å². The fraction of sp³-hybridized carbons (Fsp3) is 0.316. The highest BCUT2D eigenvalue weighted by Gasteiger charge is 2.25. The van der Waals surface area contributed by atoms with Gasteiger partial charge in [0.1, 0.15) is 0 Å². The van der Waals surface area contributed by atoms with E-state index in [-0.39, 0.29) is 21.8 Å². The van der Waals surface area contributed by atoms with Gasteiger partial charge in [0.15, 0.2) is 0 Å². The van der Waals surface area contributed by atoms with Crippen molar-refractivity contribution < 1.29 is 18.1 Å². The Morgan fingerprint density at radius 1 is 1.00 bits per heavy atom. The number of nitro benzene ring substituents is 1. The van der Waals surface area contributed by atoms with Crippen LogP contribution in [0.25, 0.3) is 0 Å². The fourth-order valence-corrected chi connectivity index (χ4v) is 4.69. The highest BCUT2D eigenvalue weighted by atomic mass is 32.2. The lowest BCUT2D eigenvalue weighted by molar-refractivity contribution is -0.384. The standard InChI is InChI=1S/C19H21N3O5S/c23-19(20-16-8-6-9-17(14-16)22(24)25)15-7-5-10-18(13-15)28(26,27)21-11-3-1-2-4-12-21/h5-10,13-14H,1-4,11-12H2,(H,20,23). The summed E-state index contributed by atoms with van der Waals surface area (Å²) in [6.45, 7) is 0.957. The van der Waals surface area contributed by atoms with Crippen LogP contribution in [0.4, 0.5) is 11.4 Å². The number of hydrogen-bond acceptors (Lipinski definition) is 5. The predicted octanol–water partition coefficient (Wildman–Crippen LogP) is 3.41. The second-order valence-corrected chi connectivity index (χ2v) is 8.55. The van der Waals surface area contributed by atoms with Gasteiger partial charge in [-0.1, -0.05) is 25.0 Å². The minimum atomic E-state index is -3.67. The normalized spacial score (nSPS) is 15.6. The third kappa shape index (κ3) is 4.55. The highest BCUT2D eigenvalue weighted by molar-refractivity contribution is 7.89. The van der Waals surface area contributed by atoms with Crippen LogP contribution in [0.2, 0.25) is 0 Å². The van der Waals surface area contributed by atoms with Crippen LogP contribution in [-0.2, 0) is 10.0 Å². The lowest BCUT2D eigenvalue weighted by atomic mass is 10.2. The number of nitrogens with zero attached hydrogens (tertiary/aromatic N) is 2. The van der Waals surface area contributed by atoms with Gasteiger partial charge in [-0.05, 0) is 37.1 Å². The lowest BCUT2D eigenvalue weighted by Gasteiger charge is -2.20. The summed E-state index contributed by atoms with van der Waals surface area (Å²) in [7, 11) is -3.67. The zero-order chi connectivity index (χ0) is 20.1. The quantitative estimate of drug-likeness (QED) is 0.608. The number of carbonyl (C=O) groups excluding carboxylic acids is 1. The van der Waals surface area contributed by atoms with Crippen molar-refractivity contribution in [2.45, 2.75) is 30.6 Å². The van der Waals surface area contributed by atoms with Crippen LogP contribution >= 0.6 is 0 Å². The van der Waals surface area contributed by atoms with Gasteiger partial charge in [-0.15, -0.1) is 0 Å². The first-order chi connectivity index (χ1) is 13.4. The van der Waals surface area contributed by atoms with Crippen LogP contribution in [0, 0.1) is 10.1 Å². The van der Waals surface area contributed by atoms with Gasteiger partial charge < -0.3 is 5.32 Å². The Labute approximate surface area is 163 Å². The minimum Gasteiger partial charge on any atom is -0.322 e. The van der Waals surface area contributed by atoms with E-state index < -0.39 is 20.9 Å². The molecule has 9 heteroatoms. The molecule has 0 aromatic heterocycles. The van der Waals surface area contributed by atoms with Crippen molar-refractivity contribution in [3.8, 4) is 0 Å². The van der Waals surface area contributed by atoms with Gasteiger partial charge in [-0.3, -0.25) is 14.9 Å². The average Bonchev–Trinajstić information content (AvgIpc) is 2.98. The van der Waals surface area contributed by atoms with E-state index in [9.17, 15) is 23.3 Å². The van der Waals surface area contributed by atoms with Crippen molar-refractivity contribution in [2.24, 2.45) is 0 Å². The molecule has 1 amide bonds. The first kappa shape index (κ1) is 20.0. The van der Waals surface area contributed by atoms with Crippen molar-refractivity contribution in [1.29, 1.82) is 0 Å². The van der Waals surface area contributed by atoms with Crippen molar-refractivity contribution in [3.63, 3.8) is 0 Å². The molecule has 1 saturated heterocycles. The Kier molecular flexibility index (Phi) is 6.05. The molecule has 0 bridgehead atoms. The topological polar surface area (TPSA) is 110 Å². The second-order valence-electron chi connectivity index (χ2n) is 6.61. The van der Waals surface area contributed by atoms with Crippen LogP contribution in [0.15, 0.2) is 53.4 Å². The number of hydrogen-bond donors (Lipinski definition) is 1. The summed E-state index contributed by atoms with van der Waals surface area (Å²) in [4.78, 5) is 22.9. The number of anilines is 1. The third-order valence-corrected chi connectivity index (χ3v) is 6.51. The molecular weight excluding hydrogens is 382 g/mol. The molecule has 1 N–H and O–H groups in total. The van der Waals surface area contributed by atoms with E-state index in [1.807, 2.05) is 0 Å². The molecule has 0 unspecified atom stereocenters. The maximum Gasteiger partial charge on any atom is 0.271 e. The van der Waals surface area contributed by atoms with Gasteiger partial charge in [0.05, 0.1) is 9.82 Å². The summed E-state index contributed by atoms with van der Waals surface area (Å²) < 4.78 is 27.3. The summed E-state index contributed by atoms with van der Waals surface area (Å²) in [5.41, 5.74) is 0.290. The summed E-state index contributed by atoms with van der Waals surface area (Å²) in [6.07, 6.45) is 3.67. The maximum absolute atomic E-state index is 12.9. The number of carbonyl (C=O) groups is 1. The molecule has 8 nitrogen and oxygen atoms in total. The van der Waals surface area contributed by atoms with Gasteiger partial charge in [0.25, 0.3) is 11.6 Å². The van der Waals surface area contributed by atoms with E-state index in [0.717, 1.165) is 25.7 Å². The van der Waals surface area contributed by atoms with Crippen LogP contribution in [-0.4, -0.2) is 36.6 Å². The highest BCUT2D eigenvalue weighted by Crippen LogP contribution is 2.22. The number of nitrogens with one attached hydrogen (secondary N) is 1. The molecule has 0 spiro atoms. The van der Waals surface area contributed by atoms with Crippen molar-refractivity contribution in [2.75, 3.05) is 18.4 Å². The van der Waals surface area contributed by atoms with Crippen LogP contribution in [0.1, 0.15) is 36.0 Å². The monoisotopic (exact) mass is 403 g/mol. The van der Waals surface area contributed by atoms with E-state index >= 15 is 0 Å². The SMILES string of the molecule is O=C(Nc1cccc([N+](=O)[O-])c1)c1cccc(S(=O)(=O)N2CCCCCC2)c1. The van der Waals surface area contributed by atoms with Gasteiger partial charge in [0.2, 0.25) is 10.0 Å². The molecule has 0 atom stereocenters. The number of rotatable bonds is 5. The molecule has 148 valence electrons. The van der Waals surface area contributed by atoms with E-state index in [4.69, 9.17) is 0 Å². The van der Waals surface area contributed by atoms with Gasteiger partial charge >= 0.3 is 0 Å². The Hall–Kier alpha value is -2.78. The maximum atomic E-state index is 12.9.